The fourth-order valence-electron chi connectivity index (χ4n) is 1.43. The molecule has 0 bridgehead atoms. The maximum atomic E-state index is 10.2. The van der Waals surface area contributed by atoms with Crippen molar-refractivity contribution in [1.29, 1.82) is 0 Å². The third-order valence-electron chi connectivity index (χ3n) is 2.48. The standard InChI is InChI=1S/2C8H8O/c1-7-4-2-3-5-8(7)6-9;9-7-6-8-4-2-1-3-5-8/h2-6H,1H3;1-5,7H,6H2. The number of rotatable bonds is 3. The van der Waals surface area contributed by atoms with Crippen molar-refractivity contribution in [2.45, 2.75) is 13.3 Å². The summed E-state index contributed by atoms with van der Waals surface area (Å²) in [5.74, 6) is 0. The highest BCUT2D eigenvalue weighted by atomic mass is 16.1. The van der Waals surface area contributed by atoms with Crippen LogP contribution in [0.25, 0.3) is 0 Å². The van der Waals surface area contributed by atoms with Crippen LogP contribution in [0.3, 0.4) is 0 Å². The summed E-state index contributed by atoms with van der Waals surface area (Å²) in [7, 11) is 0. The maximum Gasteiger partial charge on any atom is 0.150 e. The van der Waals surface area contributed by atoms with Crippen LogP contribution in [0.1, 0.15) is 21.5 Å². The Morgan fingerprint density at radius 2 is 1.50 bits per heavy atom. The minimum Gasteiger partial charge on any atom is -0.303 e. The van der Waals surface area contributed by atoms with Gasteiger partial charge in [-0.2, -0.15) is 0 Å². The van der Waals surface area contributed by atoms with E-state index in [2.05, 4.69) is 0 Å². The van der Waals surface area contributed by atoms with Crippen LogP contribution in [-0.4, -0.2) is 12.6 Å². The highest BCUT2D eigenvalue weighted by molar-refractivity contribution is 5.76. The molecule has 2 rings (SSSR count). The summed E-state index contributed by atoms with van der Waals surface area (Å²) < 4.78 is 0. The van der Waals surface area contributed by atoms with E-state index in [-0.39, 0.29) is 0 Å². The summed E-state index contributed by atoms with van der Waals surface area (Å²) >= 11 is 0. The number of hydrogen-bond donors (Lipinski definition) is 0. The van der Waals surface area contributed by atoms with Gasteiger partial charge >= 0.3 is 0 Å². The molecule has 2 aromatic carbocycles. The topological polar surface area (TPSA) is 34.1 Å². The van der Waals surface area contributed by atoms with Gasteiger partial charge in [-0.3, -0.25) is 4.79 Å². The molecule has 2 heteroatoms. The van der Waals surface area contributed by atoms with Crippen molar-refractivity contribution < 1.29 is 9.59 Å². The Morgan fingerprint density at radius 3 is 2.00 bits per heavy atom. The summed E-state index contributed by atoms with van der Waals surface area (Å²) in [6.45, 7) is 1.92. The molecule has 0 atom stereocenters. The second kappa shape index (κ2) is 7.96. The highest BCUT2D eigenvalue weighted by Crippen LogP contribution is 2.02. The van der Waals surface area contributed by atoms with Crippen molar-refractivity contribution in [1.82, 2.24) is 0 Å². The average Bonchev–Trinajstić information content (AvgIpc) is 2.42. The monoisotopic (exact) mass is 240 g/mol. The Kier molecular flexibility index (Phi) is 6.12. The molecule has 0 spiro atoms. The Hall–Kier alpha value is -2.22. The van der Waals surface area contributed by atoms with Crippen molar-refractivity contribution in [3.05, 3.63) is 71.3 Å². The number of benzene rings is 2. The molecule has 0 fully saturated rings. The Balaban J connectivity index is 0.000000180. The first-order chi connectivity index (χ1) is 8.77. The Bertz CT molecular complexity index is 489. The van der Waals surface area contributed by atoms with Gasteiger partial charge in [0, 0.05) is 12.0 Å². The molecule has 0 aliphatic heterocycles. The molecule has 2 aromatic rings. The second-order valence-electron chi connectivity index (χ2n) is 3.83. The number of carbonyl (C=O) groups is 2. The first kappa shape index (κ1) is 13.8. The van der Waals surface area contributed by atoms with Crippen molar-refractivity contribution in [3.63, 3.8) is 0 Å². The van der Waals surface area contributed by atoms with Gasteiger partial charge in [-0.05, 0) is 18.1 Å². The zero-order chi connectivity index (χ0) is 13.2. The van der Waals surface area contributed by atoms with Gasteiger partial charge < -0.3 is 4.79 Å². The largest absolute Gasteiger partial charge is 0.303 e. The zero-order valence-corrected chi connectivity index (χ0v) is 10.4. The smallest absolute Gasteiger partial charge is 0.150 e. The van der Waals surface area contributed by atoms with E-state index in [1.165, 1.54) is 0 Å². The van der Waals surface area contributed by atoms with Crippen LogP contribution >= 0.6 is 0 Å². The van der Waals surface area contributed by atoms with E-state index < -0.39 is 0 Å². The van der Waals surface area contributed by atoms with E-state index in [1.807, 2.05) is 61.5 Å². The molecule has 0 heterocycles. The van der Waals surface area contributed by atoms with Crippen LogP contribution in [-0.2, 0) is 11.2 Å². The van der Waals surface area contributed by atoms with E-state index in [4.69, 9.17) is 0 Å². The van der Waals surface area contributed by atoms with Crippen LogP contribution in [0.15, 0.2) is 54.6 Å². The predicted molar refractivity (Wildman–Crippen MR) is 72.8 cm³/mol. The van der Waals surface area contributed by atoms with E-state index in [0.717, 1.165) is 29.3 Å². The van der Waals surface area contributed by atoms with Crippen molar-refractivity contribution in [3.8, 4) is 0 Å². The fraction of sp³-hybridized carbons (Fsp3) is 0.125. The van der Waals surface area contributed by atoms with Gasteiger partial charge in [0.2, 0.25) is 0 Å². The zero-order valence-electron chi connectivity index (χ0n) is 10.4. The lowest BCUT2D eigenvalue weighted by Crippen LogP contribution is -1.82. The van der Waals surface area contributed by atoms with E-state index >= 15 is 0 Å². The van der Waals surface area contributed by atoms with E-state index in [1.54, 1.807) is 0 Å². The van der Waals surface area contributed by atoms with Gasteiger partial charge in [0.1, 0.15) is 12.6 Å². The van der Waals surface area contributed by atoms with Gasteiger partial charge in [-0.25, -0.2) is 0 Å². The van der Waals surface area contributed by atoms with Gasteiger partial charge in [0.25, 0.3) is 0 Å². The first-order valence-corrected chi connectivity index (χ1v) is 5.76. The quantitative estimate of drug-likeness (QED) is 0.772. The summed E-state index contributed by atoms with van der Waals surface area (Å²) in [6.07, 6.45) is 2.31. The molecule has 0 aliphatic carbocycles. The van der Waals surface area contributed by atoms with E-state index in [9.17, 15) is 9.59 Å². The maximum absolute atomic E-state index is 10.2. The molecule has 0 aromatic heterocycles. The second-order valence-corrected chi connectivity index (χ2v) is 3.83. The van der Waals surface area contributed by atoms with Gasteiger partial charge in [-0.15, -0.1) is 0 Å². The van der Waals surface area contributed by atoms with Crippen molar-refractivity contribution >= 4 is 12.6 Å². The van der Waals surface area contributed by atoms with Crippen molar-refractivity contribution in [2.75, 3.05) is 0 Å². The average molecular weight is 240 g/mol. The number of aldehydes is 2. The normalized spacial score (nSPS) is 8.94. The lowest BCUT2D eigenvalue weighted by Gasteiger charge is -1.92. The third-order valence-corrected chi connectivity index (χ3v) is 2.48. The summed E-state index contributed by atoms with van der Waals surface area (Å²) in [5.41, 5.74) is 2.89. The molecule has 0 saturated heterocycles. The first-order valence-electron chi connectivity index (χ1n) is 5.76. The Morgan fingerprint density at radius 1 is 0.889 bits per heavy atom. The molecule has 0 saturated carbocycles. The molecule has 2 nitrogen and oxygen atoms in total. The molecule has 0 amide bonds. The SMILES string of the molecule is Cc1ccccc1C=O.O=CCc1ccccc1. The van der Waals surface area contributed by atoms with Crippen LogP contribution < -0.4 is 0 Å². The van der Waals surface area contributed by atoms with Crippen LogP contribution in [0.4, 0.5) is 0 Å². The number of carbonyl (C=O) groups excluding carboxylic acids is 2. The lowest BCUT2D eigenvalue weighted by molar-refractivity contribution is -0.107. The molecule has 0 radical (unpaired) electrons. The summed E-state index contributed by atoms with van der Waals surface area (Å²) in [6, 6.07) is 17.2. The van der Waals surface area contributed by atoms with Crippen molar-refractivity contribution in [2.24, 2.45) is 0 Å². The minimum atomic E-state index is 0.529. The van der Waals surface area contributed by atoms with Gasteiger partial charge in [0.15, 0.2) is 0 Å². The lowest BCUT2D eigenvalue weighted by atomic mass is 10.1. The molecule has 0 N–H and O–H groups in total. The molecule has 18 heavy (non-hydrogen) atoms. The molecular formula is C16H16O2. The summed E-state index contributed by atoms with van der Waals surface area (Å²) in [4.78, 5) is 20.2. The number of hydrogen-bond acceptors (Lipinski definition) is 2. The fourth-order valence-corrected chi connectivity index (χ4v) is 1.43. The molecule has 92 valence electrons. The third kappa shape index (κ3) is 4.74. The highest BCUT2D eigenvalue weighted by Gasteiger charge is 1.90. The Labute approximate surface area is 107 Å². The predicted octanol–water partition coefficient (Wildman–Crippen LogP) is 3.24. The number of aryl methyl sites for hydroxylation is 1. The van der Waals surface area contributed by atoms with Gasteiger partial charge in [0.05, 0.1) is 0 Å². The summed E-state index contributed by atoms with van der Waals surface area (Å²) in [5, 5.41) is 0. The van der Waals surface area contributed by atoms with Gasteiger partial charge in [-0.1, -0.05) is 54.6 Å². The van der Waals surface area contributed by atoms with Crippen LogP contribution in [0, 0.1) is 6.92 Å². The minimum absolute atomic E-state index is 0.529. The van der Waals surface area contributed by atoms with Crippen LogP contribution in [0.5, 0.6) is 0 Å². The molecule has 0 unspecified atom stereocenters. The van der Waals surface area contributed by atoms with Crippen LogP contribution in [0.2, 0.25) is 0 Å². The molecular weight excluding hydrogens is 224 g/mol. The molecule has 0 aliphatic rings. The van der Waals surface area contributed by atoms with E-state index in [0.29, 0.717) is 6.42 Å².